The summed E-state index contributed by atoms with van der Waals surface area (Å²) in [5.74, 6) is 1.61. The third-order valence-corrected chi connectivity index (χ3v) is 5.20. The maximum absolute atomic E-state index is 6.18. The van der Waals surface area contributed by atoms with Crippen molar-refractivity contribution in [2.45, 2.75) is 6.54 Å². The highest BCUT2D eigenvalue weighted by Crippen LogP contribution is 2.29. The molecule has 0 aliphatic carbocycles. The van der Waals surface area contributed by atoms with Crippen molar-refractivity contribution in [2.24, 2.45) is 0 Å². The SMILES string of the molecule is COc1ccc(CNc2nc3c(-c4cccc(Cl)c4)nnn3c3ccccc23)cc1. The fraction of sp³-hybridized carbons (Fsp3) is 0.0870. The standard InChI is InChI=1S/C23H18ClN5O/c1-30-18-11-9-15(10-12-18)14-25-22-19-7-2-3-8-20(19)29-23(26-22)21(27-28-29)16-5-4-6-17(24)13-16/h2-13H,14H2,1H3,(H,25,26). The number of anilines is 1. The first-order chi connectivity index (χ1) is 14.7. The van der Waals surface area contributed by atoms with Gasteiger partial charge >= 0.3 is 0 Å². The van der Waals surface area contributed by atoms with Crippen molar-refractivity contribution in [1.82, 2.24) is 19.8 Å². The van der Waals surface area contributed by atoms with Crippen molar-refractivity contribution < 1.29 is 4.74 Å². The van der Waals surface area contributed by atoms with Crippen molar-refractivity contribution in [1.29, 1.82) is 0 Å². The van der Waals surface area contributed by atoms with Crippen molar-refractivity contribution in [3.8, 4) is 17.0 Å². The van der Waals surface area contributed by atoms with Gasteiger partial charge in [0, 0.05) is 22.5 Å². The number of halogens is 1. The van der Waals surface area contributed by atoms with Gasteiger partial charge in [-0.2, -0.15) is 4.52 Å². The Labute approximate surface area is 178 Å². The second kappa shape index (κ2) is 7.65. The molecule has 0 unspecified atom stereocenters. The molecule has 6 nitrogen and oxygen atoms in total. The van der Waals surface area contributed by atoms with E-state index in [1.807, 2.05) is 72.8 Å². The van der Waals surface area contributed by atoms with Gasteiger partial charge in [-0.05, 0) is 42.0 Å². The Bertz CT molecular complexity index is 1350. The highest BCUT2D eigenvalue weighted by atomic mass is 35.5. The Kier molecular flexibility index (Phi) is 4.69. The number of rotatable bonds is 5. The van der Waals surface area contributed by atoms with E-state index in [-0.39, 0.29) is 0 Å². The van der Waals surface area contributed by atoms with E-state index in [2.05, 4.69) is 15.6 Å². The van der Waals surface area contributed by atoms with E-state index in [4.69, 9.17) is 21.3 Å². The molecule has 2 heterocycles. The highest BCUT2D eigenvalue weighted by molar-refractivity contribution is 6.30. The largest absolute Gasteiger partial charge is 0.497 e. The van der Waals surface area contributed by atoms with Crippen molar-refractivity contribution >= 4 is 34.0 Å². The van der Waals surface area contributed by atoms with E-state index in [0.29, 0.717) is 22.9 Å². The first-order valence-corrected chi connectivity index (χ1v) is 9.87. The molecular weight excluding hydrogens is 398 g/mol. The van der Waals surface area contributed by atoms with Crippen LogP contribution < -0.4 is 10.1 Å². The smallest absolute Gasteiger partial charge is 0.186 e. The zero-order chi connectivity index (χ0) is 20.5. The molecule has 148 valence electrons. The van der Waals surface area contributed by atoms with Crippen LogP contribution in [0.15, 0.2) is 72.8 Å². The summed E-state index contributed by atoms with van der Waals surface area (Å²) >= 11 is 6.18. The molecule has 0 fully saturated rings. The van der Waals surface area contributed by atoms with Crippen LogP contribution in [0.3, 0.4) is 0 Å². The molecule has 0 aliphatic heterocycles. The van der Waals surface area contributed by atoms with Gasteiger partial charge in [-0.1, -0.05) is 53.2 Å². The summed E-state index contributed by atoms with van der Waals surface area (Å²) in [7, 11) is 1.66. The van der Waals surface area contributed by atoms with Crippen LogP contribution in [-0.4, -0.2) is 26.9 Å². The number of aromatic nitrogens is 4. The summed E-state index contributed by atoms with van der Waals surface area (Å²) in [6.45, 7) is 0.630. The summed E-state index contributed by atoms with van der Waals surface area (Å²) in [6.07, 6.45) is 0. The summed E-state index contributed by atoms with van der Waals surface area (Å²) in [6, 6.07) is 23.5. The molecule has 0 atom stereocenters. The Balaban J connectivity index is 1.60. The first-order valence-electron chi connectivity index (χ1n) is 9.50. The number of methoxy groups -OCH3 is 1. The summed E-state index contributed by atoms with van der Waals surface area (Å²) < 4.78 is 7.00. The van der Waals surface area contributed by atoms with E-state index >= 15 is 0 Å². The lowest BCUT2D eigenvalue weighted by atomic mass is 10.1. The second-order valence-corrected chi connectivity index (χ2v) is 7.30. The summed E-state index contributed by atoms with van der Waals surface area (Å²) in [4.78, 5) is 4.88. The predicted octanol–water partition coefficient (Wildman–Crippen LogP) is 5.22. The third kappa shape index (κ3) is 3.31. The molecular formula is C23H18ClN5O. The third-order valence-electron chi connectivity index (χ3n) is 4.97. The quantitative estimate of drug-likeness (QED) is 0.426. The second-order valence-electron chi connectivity index (χ2n) is 6.86. The number of hydrogen-bond acceptors (Lipinski definition) is 5. The molecule has 0 amide bonds. The molecule has 0 radical (unpaired) electrons. The van der Waals surface area contributed by atoms with Crippen LogP contribution in [0, 0.1) is 0 Å². The lowest BCUT2D eigenvalue weighted by Gasteiger charge is -2.11. The van der Waals surface area contributed by atoms with Crippen LogP contribution >= 0.6 is 11.6 Å². The minimum atomic E-state index is 0.630. The number of nitrogens with zero attached hydrogens (tertiary/aromatic N) is 4. The molecule has 7 heteroatoms. The van der Waals surface area contributed by atoms with Gasteiger partial charge in [-0.3, -0.25) is 0 Å². The zero-order valence-corrected chi connectivity index (χ0v) is 17.0. The van der Waals surface area contributed by atoms with Crippen molar-refractivity contribution in [3.63, 3.8) is 0 Å². The monoisotopic (exact) mass is 415 g/mol. The fourth-order valence-corrected chi connectivity index (χ4v) is 3.64. The van der Waals surface area contributed by atoms with E-state index in [1.54, 1.807) is 11.6 Å². The molecule has 3 aromatic carbocycles. The average molecular weight is 416 g/mol. The van der Waals surface area contributed by atoms with Crippen LogP contribution in [0.4, 0.5) is 5.82 Å². The normalized spacial score (nSPS) is 11.1. The molecule has 2 aromatic heterocycles. The van der Waals surface area contributed by atoms with Gasteiger partial charge < -0.3 is 10.1 Å². The maximum atomic E-state index is 6.18. The summed E-state index contributed by atoms with van der Waals surface area (Å²) in [5.41, 5.74) is 4.30. The van der Waals surface area contributed by atoms with Crippen LogP contribution in [0.1, 0.15) is 5.56 Å². The number of benzene rings is 3. The predicted molar refractivity (Wildman–Crippen MR) is 119 cm³/mol. The number of nitrogens with one attached hydrogen (secondary N) is 1. The number of hydrogen-bond donors (Lipinski definition) is 1. The minimum Gasteiger partial charge on any atom is -0.497 e. The lowest BCUT2D eigenvalue weighted by molar-refractivity contribution is 0.414. The molecule has 0 saturated carbocycles. The molecule has 5 aromatic rings. The Morgan fingerprint density at radius 1 is 1.00 bits per heavy atom. The Hall–Kier alpha value is -3.64. The fourth-order valence-electron chi connectivity index (χ4n) is 3.45. The number of ether oxygens (including phenoxy) is 1. The van der Waals surface area contributed by atoms with Gasteiger partial charge in [-0.15, -0.1) is 5.10 Å². The molecule has 0 bridgehead atoms. The van der Waals surface area contributed by atoms with E-state index in [1.165, 1.54) is 0 Å². The highest BCUT2D eigenvalue weighted by Gasteiger charge is 2.15. The van der Waals surface area contributed by atoms with Crippen LogP contribution in [0.25, 0.3) is 27.8 Å². The van der Waals surface area contributed by atoms with Crippen molar-refractivity contribution in [2.75, 3.05) is 12.4 Å². The molecule has 5 rings (SSSR count). The molecule has 30 heavy (non-hydrogen) atoms. The van der Waals surface area contributed by atoms with Gasteiger partial charge in [-0.25, -0.2) is 4.98 Å². The topological polar surface area (TPSA) is 64.3 Å². The number of fused-ring (bicyclic) bond motifs is 3. The lowest BCUT2D eigenvalue weighted by Crippen LogP contribution is -2.05. The average Bonchev–Trinajstić information content (AvgIpc) is 3.22. The molecule has 1 N–H and O–H groups in total. The number of para-hydroxylation sites is 1. The van der Waals surface area contributed by atoms with Gasteiger partial charge in [0.1, 0.15) is 17.3 Å². The van der Waals surface area contributed by atoms with Gasteiger partial charge in [0.05, 0.1) is 12.6 Å². The van der Waals surface area contributed by atoms with E-state index in [9.17, 15) is 0 Å². The molecule has 0 saturated heterocycles. The first kappa shape index (κ1) is 18.4. The Morgan fingerprint density at radius 2 is 1.83 bits per heavy atom. The van der Waals surface area contributed by atoms with Crippen LogP contribution in [0.2, 0.25) is 5.02 Å². The summed E-state index contributed by atoms with van der Waals surface area (Å²) in [5, 5.41) is 13.8. The van der Waals surface area contributed by atoms with E-state index < -0.39 is 0 Å². The van der Waals surface area contributed by atoms with Gasteiger partial charge in [0.25, 0.3) is 0 Å². The van der Waals surface area contributed by atoms with Crippen LogP contribution in [0.5, 0.6) is 5.75 Å². The van der Waals surface area contributed by atoms with E-state index in [0.717, 1.165) is 33.6 Å². The van der Waals surface area contributed by atoms with Gasteiger partial charge in [0.15, 0.2) is 5.65 Å². The maximum Gasteiger partial charge on any atom is 0.186 e. The molecule has 0 spiro atoms. The zero-order valence-electron chi connectivity index (χ0n) is 16.2. The van der Waals surface area contributed by atoms with Gasteiger partial charge in [0.2, 0.25) is 0 Å². The minimum absolute atomic E-state index is 0.630. The molecule has 0 aliphatic rings. The van der Waals surface area contributed by atoms with Crippen LogP contribution in [-0.2, 0) is 6.54 Å². The van der Waals surface area contributed by atoms with Crippen molar-refractivity contribution in [3.05, 3.63) is 83.4 Å². The Morgan fingerprint density at radius 3 is 2.63 bits per heavy atom.